The van der Waals surface area contributed by atoms with Crippen molar-refractivity contribution in [1.29, 1.82) is 0 Å². The molecule has 7 heteroatoms. The Bertz CT molecular complexity index is 1140. The molecular weight excluding hydrogens is 407 g/mol. The summed E-state index contributed by atoms with van der Waals surface area (Å²) in [5, 5.41) is 5.62. The van der Waals surface area contributed by atoms with Gasteiger partial charge in [-0.05, 0) is 67.3 Å². The van der Waals surface area contributed by atoms with Crippen LogP contribution >= 0.6 is 0 Å². The van der Waals surface area contributed by atoms with Crippen LogP contribution in [0.3, 0.4) is 0 Å². The number of hydrogen-bond acceptors (Lipinski definition) is 4. The van der Waals surface area contributed by atoms with Crippen molar-refractivity contribution < 1.29 is 14.0 Å². The second kappa shape index (κ2) is 9.60. The number of aromatic nitrogens is 1. The highest BCUT2D eigenvalue weighted by molar-refractivity contribution is 6.05. The van der Waals surface area contributed by atoms with Crippen LogP contribution in [0.1, 0.15) is 44.7 Å². The molecular formula is C25H25FN4O2. The van der Waals surface area contributed by atoms with E-state index < -0.39 is 11.7 Å². The molecule has 3 aromatic rings. The van der Waals surface area contributed by atoms with E-state index in [9.17, 15) is 14.0 Å². The summed E-state index contributed by atoms with van der Waals surface area (Å²) in [6.07, 6.45) is 4.11. The Morgan fingerprint density at radius 1 is 1.03 bits per heavy atom. The maximum Gasteiger partial charge on any atom is 0.258 e. The lowest BCUT2D eigenvalue weighted by Gasteiger charge is -2.17. The number of rotatable bonds is 6. The minimum absolute atomic E-state index is 0.0479. The van der Waals surface area contributed by atoms with E-state index in [2.05, 4.69) is 20.5 Å². The Balaban J connectivity index is 1.43. The molecule has 1 aliphatic rings. The third kappa shape index (κ3) is 4.94. The number of carbonyl (C=O) groups is 2. The summed E-state index contributed by atoms with van der Waals surface area (Å²) in [6, 6.07) is 14.7. The minimum atomic E-state index is -0.595. The largest absolute Gasteiger partial charge is 0.357 e. The number of amides is 2. The molecule has 4 rings (SSSR count). The molecule has 2 aromatic carbocycles. The van der Waals surface area contributed by atoms with Gasteiger partial charge in [0.25, 0.3) is 11.8 Å². The Hall–Kier alpha value is -3.74. The van der Waals surface area contributed by atoms with E-state index in [1.165, 1.54) is 31.0 Å². The molecule has 2 N–H and O–H groups in total. The fourth-order valence-electron chi connectivity index (χ4n) is 3.71. The van der Waals surface area contributed by atoms with Gasteiger partial charge in [0.2, 0.25) is 0 Å². The summed E-state index contributed by atoms with van der Waals surface area (Å²) in [5.41, 5.74) is 2.57. The van der Waals surface area contributed by atoms with E-state index in [0.717, 1.165) is 30.0 Å². The van der Waals surface area contributed by atoms with Crippen molar-refractivity contribution in [2.45, 2.75) is 26.3 Å². The molecule has 0 bridgehead atoms. The van der Waals surface area contributed by atoms with E-state index in [4.69, 9.17) is 0 Å². The summed E-state index contributed by atoms with van der Waals surface area (Å²) in [6.45, 7) is 4.20. The lowest BCUT2D eigenvalue weighted by Crippen LogP contribution is -2.24. The number of aryl methyl sites for hydroxylation is 1. The highest BCUT2D eigenvalue weighted by Gasteiger charge is 2.15. The van der Waals surface area contributed by atoms with Crippen molar-refractivity contribution in [2.24, 2.45) is 0 Å². The maximum absolute atomic E-state index is 13.9. The number of pyridine rings is 1. The average Bonchev–Trinajstić information content (AvgIpc) is 3.34. The predicted molar refractivity (Wildman–Crippen MR) is 122 cm³/mol. The number of hydrogen-bond donors (Lipinski definition) is 2. The monoisotopic (exact) mass is 432 g/mol. The zero-order chi connectivity index (χ0) is 22.5. The van der Waals surface area contributed by atoms with Crippen LogP contribution in [0.15, 0.2) is 60.8 Å². The first kappa shape index (κ1) is 21.5. The SMILES string of the molecule is Cc1ccc(C(=O)NCc2ccnc(N3CCCC3)c2)cc1NC(=O)c1ccccc1F. The molecule has 2 amide bonds. The third-order valence-electron chi connectivity index (χ3n) is 5.56. The van der Waals surface area contributed by atoms with E-state index in [0.29, 0.717) is 17.8 Å². The molecule has 6 nitrogen and oxygen atoms in total. The lowest BCUT2D eigenvalue weighted by molar-refractivity contribution is 0.0949. The average molecular weight is 432 g/mol. The van der Waals surface area contributed by atoms with Gasteiger partial charge in [-0.2, -0.15) is 0 Å². The normalized spacial score (nSPS) is 13.1. The highest BCUT2D eigenvalue weighted by atomic mass is 19.1. The quantitative estimate of drug-likeness (QED) is 0.609. The number of carbonyl (C=O) groups excluding carboxylic acids is 2. The smallest absolute Gasteiger partial charge is 0.258 e. The lowest BCUT2D eigenvalue weighted by atomic mass is 10.1. The molecule has 164 valence electrons. The fourth-order valence-corrected chi connectivity index (χ4v) is 3.71. The van der Waals surface area contributed by atoms with Crippen molar-refractivity contribution in [3.8, 4) is 0 Å². The van der Waals surface area contributed by atoms with Gasteiger partial charge >= 0.3 is 0 Å². The standard InChI is InChI=1S/C25H25FN4O2/c1-17-8-9-19(15-22(17)29-25(32)20-6-2-3-7-21(20)26)24(31)28-16-18-10-11-27-23(14-18)30-12-4-5-13-30/h2-3,6-11,14-15H,4-5,12-13,16H2,1H3,(H,28,31)(H,29,32). The Morgan fingerprint density at radius 3 is 2.59 bits per heavy atom. The Morgan fingerprint density at radius 2 is 1.81 bits per heavy atom. The van der Waals surface area contributed by atoms with Crippen LogP contribution in [0.5, 0.6) is 0 Å². The molecule has 1 saturated heterocycles. The molecule has 0 spiro atoms. The van der Waals surface area contributed by atoms with E-state index in [1.54, 1.807) is 30.5 Å². The Labute approximate surface area is 186 Å². The van der Waals surface area contributed by atoms with E-state index in [-0.39, 0.29) is 11.5 Å². The fraction of sp³-hybridized carbons (Fsp3) is 0.240. The zero-order valence-corrected chi connectivity index (χ0v) is 17.9. The van der Waals surface area contributed by atoms with Crippen LogP contribution in [0.25, 0.3) is 0 Å². The molecule has 2 heterocycles. The van der Waals surface area contributed by atoms with Gasteiger partial charge in [0.05, 0.1) is 5.56 Å². The third-order valence-corrected chi connectivity index (χ3v) is 5.56. The van der Waals surface area contributed by atoms with Crippen LogP contribution in [0.2, 0.25) is 0 Å². The second-order valence-electron chi connectivity index (χ2n) is 7.86. The van der Waals surface area contributed by atoms with Gasteiger partial charge in [-0.1, -0.05) is 18.2 Å². The van der Waals surface area contributed by atoms with Crippen molar-refractivity contribution in [1.82, 2.24) is 10.3 Å². The molecule has 0 atom stereocenters. The van der Waals surface area contributed by atoms with Gasteiger partial charge in [0, 0.05) is 37.1 Å². The molecule has 1 fully saturated rings. The molecule has 1 aliphatic heterocycles. The van der Waals surface area contributed by atoms with Crippen LogP contribution in [0, 0.1) is 12.7 Å². The summed E-state index contributed by atoms with van der Waals surface area (Å²) < 4.78 is 13.9. The van der Waals surface area contributed by atoms with Crippen molar-refractivity contribution >= 4 is 23.3 Å². The topological polar surface area (TPSA) is 74.3 Å². The second-order valence-corrected chi connectivity index (χ2v) is 7.86. The number of benzene rings is 2. The minimum Gasteiger partial charge on any atom is -0.357 e. The van der Waals surface area contributed by atoms with E-state index >= 15 is 0 Å². The van der Waals surface area contributed by atoms with Crippen LogP contribution in [-0.4, -0.2) is 29.9 Å². The highest BCUT2D eigenvalue weighted by Crippen LogP contribution is 2.20. The van der Waals surface area contributed by atoms with Crippen LogP contribution in [0.4, 0.5) is 15.9 Å². The predicted octanol–water partition coefficient (Wildman–Crippen LogP) is 4.31. The molecule has 32 heavy (non-hydrogen) atoms. The van der Waals surface area contributed by atoms with Crippen molar-refractivity contribution in [2.75, 3.05) is 23.3 Å². The van der Waals surface area contributed by atoms with Crippen LogP contribution < -0.4 is 15.5 Å². The molecule has 0 saturated carbocycles. The Kier molecular flexibility index (Phi) is 6.44. The summed E-state index contributed by atoms with van der Waals surface area (Å²) in [4.78, 5) is 31.9. The number of anilines is 2. The molecule has 0 aliphatic carbocycles. The van der Waals surface area contributed by atoms with Crippen LogP contribution in [-0.2, 0) is 6.54 Å². The molecule has 0 radical (unpaired) electrons. The van der Waals surface area contributed by atoms with Gasteiger partial charge < -0.3 is 15.5 Å². The van der Waals surface area contributed by atoms with Crippen molar-refractivity contribution in [3.63, 3.8) is 0 Å². The van der Waals surface area contributed by atoms with Gasteiger partial charge in [0.1, 0.15) is 11.6 Å². The maximum atomic E-state index is 13.9. The summed E-state index contributed by atoms with van der Waals surface area (Å²) in [5.74, 6) is -0.481. The summed E-state index contributed by atoms with van der Waals surface area (Å²) >= 11 is 0. The zero-order valence-electron chi connectivity index (χ0n) is 17.9. The molecule has 1 aromatic heterocycles. The number of halogens is 1. The van der Waals surface area contributed by atoms with Crippen molar-refractivity contribution in [3.05, 3.63) is 88.9 Å². The number of nitrogens with zero attached hydrogens (tertiary/aromatic N) is 2. The molecule has 0 unspecified atom stereocenters. The first-order valence-electron chi connectivity index (χ1n) is 10.7. The van der Waals surface area contributed by atoms with Gasteiger partial charge in [0.15, 0.2) is 0 Å². The summed E-state index contributed by atoms with van der Waals surface area (Å²) in [7, 11) is 0. The van der Waals surface area contributed by atoms with Gasteiger partial charge in [-0.25, -0.2) is 9.37 Å². The van der Waals surface area contributed by atoms with E-state index in [1.807, 2.05) is 19.1 Å². The van der Waals surface area contributed by atoms with Gasteiger partial charge in [-0.15, -0.1) is 0 Å². The first-order chi connectivity index (χ1) is 15.5. The number of nitrogens with one attached hydrogen (secondary N) is 2. The first-order valence-corrected chi connectivity index (χ1v) is 10.7. The van der Waals surface area contributed by atoms with Gasteiger partial charge in [-0.3, -0.25) is 9.59 Å².